The van der Waals surface area contributed by atoms with Gasteiger partial charge in [-0.2, -0.15) is 5.26 Å². The summed E-state index contributed by atoms with van der Waals surface area (Å²) in [5, 5.41) is 9.90. The minimum absolute atomic E-state index is 0.636. The molecule has 0 heterocycles. The summed E-state index contributed by atoms with van der Waals surface area (Å²) in [5.41, 5.74) is 3.67. The highest BCUT2D eigenvalue weighted by Crippen LogP contribution is 2.20. The SMILES string of the molecule is Cc1ccc(/C(C#N)=C\c2cccc(Cl)c2)cc1. The number of nitrogens with zero attached hydrogens (tertiary/aromatic N) is 1. The summed E-state index contributed by atoms with van der Waals surface area (Å²) in [6.45, 7) is 2.02. The Morgan fingerprint density at radius 3 is 2.50 bits per heavy atom. The molecule has 2 rings (SSSR count). The first-order valence-electron chi connectivity index (χ1n) is 5.63. The van der Waals surface area contributed by atoms with Crippen LogP contribution < -0.4 is 0 Å². The molecule has 2 aromatic carbocycles. The third kappa shape index (κ3) is 3.00. The molecule has 0 aliphatic carbocycles. The zero-order valence-electron chi connectivity index (χ0n) is 10.0. The van der Waals surface area contributed by atoms with Crippen LogP contribution in [-0.4, -0.2) is 0 Å². The zero-order chi connectivity index (χ0) is 13.0. The number of hydrogen-bond acceptors (Lipinski definition) is 1. The standard InChI is InChI=1S/C16H12ClN/c1-12-5-7-14(8-6-12)15(11-18)9-13-3-2-4-16(17)10-13/h2-10H,1H3/b15-9-. The van der Waals surface area contributed by atoms with E-state index in [9.17, 15) is 5.26 Å². The summed E-state index contributed by atoms with van der Waals surface area (Å²) in [6, 6.07) is 17.6. The predicted octanol–water partition coefficient (Wildman–Crippen LogP) is 4.71. The summed E-state index contributed by atoms with van der Waals surface area (Å²) in [4.78, 5) is 0. The Morgan fingerprint density at radius 2 is 1.89 bits per heavy atom. The van der Waals surface area contributed by atoms with Crippen molar-refractivity contribution >= 4 is 23.3 Å². The van der Waals surface area contributed by atoms with Gasteiger partial charge in [0.1, 0.15) is 0 Å². The lowest BCUT2D eigenvalue weighted by molar-refractivity contribution is 1.45. The molecule has 1 nitrogen and oxygen atoms in total. The van der Waals surface area contributed by atoms with Crippen molar-refractivity contribution in [1.29, 1.82) is 5.26 Å². The molecule has 88 valence electrons. The number of halogens is 1. The van der Waals surface area contributed by atoms with E-state index in [4.69, 9.17) is 11.6 Å². The second kappa shape index (κ2) is 5.53. The second-order valence-corrected chi connectivity index (χ2v) is 4.53. The smallest absolute Gasteiger partial charge is 0.0998 e. The minimum atomic E-state index is 0.636. The van der Waals surface area contributed by atoms with Gasteiger partial charge in [0.25, 0.3) is 0 Å². The third-order valence-corrected chi connectivity index (χ3v) is 2.88. The Labute approximate surface area is 112 Å². The van der Waals surface area contributed by atoms with Crippen molar-refractivity contribution in [2.75, 3.05) is 0 Å². The molecule has 0 unspecified atom stereocenters. The van der Waals surface area contributed by atoms with Crippen molar-refractivity contribution in [1.82, 2.24) is 0 Å². The van der Waals surface area contributed by atoms with Gasteiger partial charge in [-0.15, -0.1) is 0 Å². The Kier molecular flexibility index (Phi) is 3.82. The Bertz CT molecular complexity index is 618. The van der Waals surface area contributed by atoms with Gasteiger partial charge >= 0.3 is 0 Å². The fourth-order valence-electron chi connectivity index (χ4n) is 1.68. The maximum absolute atomic E-state index is 9.23. The molecule has 0 aliphatic rings. The lowest BCUT2D eigenvalue weighted by Gasteiger charge is -2.01. The molecular weight excluding hydrogens is 242 g/mol. The van der Waals surface area contributed by atoms with Crippen molar-refractivity contribution < 1.29 is 0 Å². The van der Waals surface area contributed by atoms with E-state index in [0.29, 0.717) is 10.6 Å². The molecule has 0 amide bonds. The van der Waals surface area contributed by atoms with Crippen LogP contribution in [0.4, 0.5) is 0 Å². The molecule has 18 heavy (non-hydrogen) atoms. The van der Waals surface area contributed by atoms with Gasteiger partial charge in [-0.25, -0.2) is 0 Å². The van der Waals surface area contributed by atoms with Crippen molar-refractivity contribution in [2.45, 2.75) is 6.92 Å². The zero-order valence-corrected chi connectivity index (χ0v) is 10.8. The maximum Gasteiger partial charge on any atom is 0.0998 e. The average Bonchev–Trinajstić information content (AvgIpc) is 2.37. The monoisotopic (exact) mass is 253 g/mol. The maximum atomic E-state index is 9.23. The van der Waals surface area contributed by atoms with Gasteiger partial charge < -0.3 is 0 Å². The Morgan fingerprint density at radius 1 is 1.17 bits per heavy atom. The number of aryl methyl sites for hydroxylation is 1. The molecule has 2 heteroatoms. The molecule has 0 aromatic heterocycles. The highest BCUT2D eigenvalue weighted by Gasteiger charge is 2.00. The summed E-state index contributed by atoms with van der Waals surface area (Å²) >= 11 is 5.93. The van der Waals surface area contributed by atoms with Gasteiger partial charge in [0, 0.05) is 5.02 Å². The lowest BCUT2D eigenvalue weighted by atomic mass is 10.0. The molecule has 0 aliphatic heterocycles. The van der Waals surface area contributed by atoms with Crippen molar-refractivity contribution in [3.05, 3.63) is 70.2 Å². The summed E-state index contributed by atoms with van der Waals surface area (Å²) < 4.78 is 0. The van der Waals surface area contributed by atoms with Crippen molar-refractivity contribution in [3.8, 4) is 6.07 Å². The van der Waals surface area contributed by atoms with Crippen LogP contribution in [0.2, 0.25) is 5.02 Å². The topological polar surface area (TPSA) is 23.8 Å². The van der Waals surface area contributed by atoms with E-state index < -0.39 is 0 Å². The van der Waals surface area contributed by atoms with E-state index in [0.717, 1.165) is 11.1 Å². The van der Waals surface area contributed by atoms with Crippen LogP contribution in [0, 0.1) is 18.3 Å². The fourth-order valence-corrected chi connectivity index (χ4v) is 1.88. The molecule has 0 N–H and O–H groups in total. The van der Waals surface area contributed by atoms with Gasteiger partial charge in [-0.3, -0.25) is 0 Å². The van der Waals surface area contributed by atoms with Crippen LogP contribution >= 0.6 is 11.6 Å². The van der Waals surface area contributed by atoms with E-state index in [2.05, 4.69) is 6.07 Å². The van der Waals surface area contributed by atoms with E-state index in [1.165, 1.54) is 5.56 Å². The lowest BCUT2D eigenvalue weighted by Crippen LogP contribution is -1.82. The minimum Gasteiger partial charge on any atom is -0.192 e. The van der Waals surface area contributed by atoms with Gasteiger partial charge in [-0.05, 0) is 36.3 Å². The molecular formula is C16H12ClN. The summed E-state index contributed by atoms with van der Waals surface area (Å²) in [6.07, 6.45) is 1.84. The molecule has 0 atom stereocenters. The van der Waals surface area contributed by atoms with Crippen LogP contribution in [0.3, 0.4) is 0 Å². The molecule has 0 saturated heterocycles. The molecule has 0 bridgehead atoms. The summed E-state index contributed by atoms with van der Waals surface area (Å²) in [7, 11) is 0. The molecule has 2 aromatic rings. The first kappa shape index (κ1) is 12.4. The van der Waals surface area contributed by atoms with Gasteiger partial charge in [0.05, 0.1) is 11.6 Å². The number of rotatable bonds is 2. The van der Waals surface area contributed by atoms with E-state index in [1.807, 2.05) is 61.5 Å². The van der Waals surface area contributed by atoms with Crippen LogP contribution in [0.1, 0.15) is 16.7 Å². The number of nitriles is 1. The van der Waals surface area contributed by atoms with E-state index in [1.54, 1.807) is 0 Å². The first-order valence-corrected chi connectivity index (χ1v) is 6.01. The van der Waals surface area contributed by atoms with Crippen LogP contribution in [0.25, 0.3) is 11.6 Å². The molecule has 0 radical (unpaired) electrons. The van der Waals surface area contributed by atoms with E-state index >= 15 is 0 Å². The van der Waals surface area contributed by atoms with Crippen LogP contribution in [0.15, 0.2) is 48.5 Å². The normalized spacial score (nSPS) is 11.1. The van der Waals surface area contributed by atoms with Crippen molar-refractivity contribution in [3.63, 3.8) is 0 Å². The fraction of sp³-hybridized carbons (Fsp3) is 0.0625. The molecule has 0 saturated carbocycles. The quantitative estimate of drug-likeness (QED) is 0.562. The van der Waals surface area contributed by atoms with Crippen LogP contribution in [0.5, 0.6) is 0 Å². The number of benzene rings is 2. The Hall–Kier alpha value is -2.04. The van der Waals surface area contributed by atoms with E-state index in [-0.39, 0.29) is 0 Å². The van der Waals surface area contributed by atoms with Gasteiger partial charge in [0.2, 0.25) is 0 Å². The largest absolute Gasteiger partial charge is 0.192 e. The van der Waals surface area contributed by atoms with Gasteiger partial charge in [0.15, 0.2) is 0 Å². The molecule has 0 spiro atoms. The third-order valence-electron chi connectivity index (χ3n) is 2.64. The van der Waals surface area contributed by atoms with Crippen molar-refractivity contribution in [2.24, 2.45) is 0 Å². The van der Waals surface area contributed by atoms with Crippen LogP contribution in [-0.2, 0) is 0 Å². The first-order chi connectivity index (χ1) is 8.69. The highest BCUT2D eigenvalue weighted by atomic mass is 35.5. The predicted molar refractivity (Wildman–Crippen MR) is 76.1 cm³/mol. The number of hydrogen-bond donors (Lipinski definition) is 0. The second-order valence-electron chi connectivity index (χ2n) is 4.09. The average molecular weight is 254 g/mol. The number of allylic oxidation sites excluding steroid dienone is 1. The summed E-state index contributed by atoms with van der Waals surface area (Å²) in [5.74, 6) is 0. The highest BCUT2D eigenvalue weighted by molar-refractivity contribution is 6.30. The van der Waals surface area contributed by atoms with Gasteiger partial charge in [-0.1, -0.05) is 53.6 Å². The Balaban J connectivity index is 2.40. The molecule has 0 fully saturated rings.